The van der Waals surface area contributed by atoms with Crippen LogP contribution < -0.4 is 0 Å². The van der Waals surface area contributed by atoms with Gasteiger partial charge in [-0.05, 0) is 38.5 Å². The lowest BCUT2D eigenvalue weighted by Crippen LogP contribution is -2.48. The molecule has 152 valence electrons. The van der Waals surface area contributed by atoms with Crippen molar-refractivity contribution in [2.45, 2.75) is 87.7 Å². The van der Waals surface area contributed by atoms with Gasteiger partial charge in [0.15, 0.2) is 12.6 Å². The molecule has 7 rings (SSSR count). The molecule has 0 spiro atoms. The fraction of sp³-hybridized carbons (Fsp3) is 1.00. The van der Waals surface area contributed by atoms with Crippen molar-refractivity contribution in [1.82, 2.24) is 0 Å². The lowest BCUT2D eigenvalue weighted by atomic mass is 9.80. The second-order valence-corrected chi connectivity index (χ2v) is 9.09. The molecule has 0 radical (unpaired) electrons. The van der Waals surface area contributed by atoms with Crippen LogP contribution in [0.4, 0.5) is 0 Å². The van der Waals surface area contributed by atoms with Gasteiger partial charge in [-0.25, -0.2) is 0 Å². The molecule has 0 amide bonds. The van der Waals surface area contributed by atoms with Crippen molar-refractivity contribution in [3.05, 3.63) is 0 Å². The molecule has 7 aliphatic rings. The molecule has 0 aromatic carbocycles. The number of fused-ring (bicyclic) bond motifs is 3. The van der Waals surface area contributed by atoms with Crippen molar-refractivity contribution in [3.8, 4) is 0 Å². The van der Waals surface area contributed by atoms with Crippen LogP contribution >= 0.6 is 0 Å². The third kappa shape index (κ3) is 3.68. The van der Waals surface area contributed by atoms with Gasteiger partial charge in [0.25, 0.3) is 0 Å². The van der Waals surface area contributed by atoms with E-state index in [1.165, 1.54) is 6.42 Å². The summed E-state index contributed by atoms with van der Waals surface area (Å²) in [4.78, 5) is 0. The summed E-state index contributed by atoms with van der Waals surface area (Å²) >= 11 is 0. The summed E-state index contributed by atoms with van der Waals surface area (Å²) in [5, 5.41) is 0. The summed E-state index contributed by atoms with van der Waals surface area (Å²) in [6, 6.07) is 0. The van der Waals surface area contributed by atoms with Gasteiger partial charge in [0.05, 0.1) is 50.8 Å². The highest BCUT2D eigenvalue weighted by atomic mass is 16.7. The monoisotopic (exact) mass is 382 g/mol. The van der Waals surface area contributed by atoms with Gasteiger partial charge in [-0.1, -0.05) is 0 Å². The molecule has 5 aliphatic heterocycles. The normalized spacial score (nSPS) is 53.8. The maximum atomic E-state index is 6.08. The van der Waals surface area contributed by atoms with Gasteiger partial charge in [0.2, 0.25) is 0 Å². The van der Waals surface area contributed by atoms with E-state index in [0.29, 0.717) is 62.7 Å². The van der Waals surface area contributed by atoms with E-state index in [-0.39, 0.29) is 24.8 Å². The van der Waals surface area contributed by atoms with Crippen molar-refractivity contribution < 1.29 is 33.2 Å². The van der Waals surface area contributed by atoms with E-state index in [9.17, 15) is 0 Å². The average Bonchev–Trinajstić information content (AvgIpc) is 3.06. The van der Waals surface area contributed by atoms with Gasteiger partial charge in [0.1, 0.15) is 12.2 Å². The van der Waals surface area contributed by atoms with Crippen LogP contribution in [-0.2, 0) is 33.2 Å². The van der Waals surface area contributed by atoms with Gasteiger partial charge >= 0.3 is 0 Å². The van der Waals surface area contributed by atoms with Crippen molar-refractivity contribution in [2.75, 3.05) is 26.4 Å². The maximum absolute atomic E-state index is 6.08. The van der Waals surface area contributed by atoms with Crippen LogP contribution in [0.25, 0.3) is 0 Å². The van der Waals surface area contributed by atoms with Crippen LogP contribution in [0.2, 0.25) is 0 Å². The molecule has 27 heavy (non-hydrogen) atoms. The standard InChI is InChI=1S/C20H30O7/c1-2-17-18(27-17)5-11(1)19-22-9-15(25-19)7-21-8-16-10-23-20(26-16)12-3-13-6-14(4-12)24-13/h11-20H,1-10H2. The quantitative estimate of drug-likeness (QED) is 0.647. The smallest absolute Gasteiger partial charge is 0.161 e. The van der Waals surface area contributed by atoms with Gasteiger partial charge in [-0.3, -0.25) is 0 Å². The van der Waals surface area contributed by atoms with Gasteiger partial charge in [0, 0.05) is 11.8 Å². The zero-order chi connectivity index (χ0) is 17.8. The number of hydrogen-bond acceptors (Lipinski definition) is 7. The second kappa shape index (κ2) is 7.20. The molecule has 0 N–H and O–H groups in total. The largest absolute Gasteiger partial charge is 0.376 e. The van der Waals surface area contributed by atoms with Crippen LogP contribution in [0.3, 0.4) is 0 Å². The van der Waals surface area contributed by atoms with Gasteiger partial charge in [-0.2, -0.15) is 0 Å². The molecule has 0 aromatic heterocycles. The molecule has 9 unspecified atom stereocenters. The molecule has 5 saturated heterocycles. The van der Waals surface area contributed by atoms with E-state index >= 15 is 0 Å². The summed E-state index contributed by atoms with van der Waals surface area (Å²) < 4.78 is 41.1. The Labute approximate surface area is 159 Å². The first kappa shape index (κ1) is 17.6. The number of hydrogen-bond donors (Lipinski definition) is 0. The first-order valence-corrected chi connectivity index (χ1v) is 10.7. The molecular weight excluding hydrogens is 352 g/mol. The first-order chi connectivity index (χ1) is 13.3. The molecule has 7 fully saturated rings. The predicted molar refractivity (Wildman–Crippen MR) is 92.0 cm³/mol. The lowest BCUT2D eigenvalue weighted by molar-refractivity contribution is -0.213. The first-order valence-electron chi connectivity index (χ1n) is 10.7. The number of epoxide rings is 1. The molecule has 2 saturated carbocycles. The Balaban J connectivity index is 0.895. The Kier molecular flexibility index (Phi) is 4.69. The Morgan fingerprint density at radius 3 is 1.96 bits per heavy atom. The van der Waals surface area contributed by atoms with Crippen LogP contribution in [0.5, 0.6) is 0 Å². The topological polar surface area (TPSA) is 67.9 Å². The summed E-state index contributed by atoms with van der Waals surface area (Å²) in [6.45, 7) is 2.34. The SMILES string of the molecule is C1C2CC(C3OCC(COCC4COC(C5CCC6OC6C5)O4)O3)CC1O2. The highest BCUT2D eigenvalue weighted by molar-refractivity contribution is 4.93. The van der Waals surface area contributed by atoms with Crippen molar-refractivity contribution in [1.29, 1.82) is 0 Å². The highest BCUT2D eigenvalue weighted by Crippen LogP contribution is 2.43. The number of rotatable bonds is 6. The van der Waals surface area contributed by atoms with Crippen molar-refractivity contribution in [2.24, 2.45) is 11.8 Å². The zero-order valence-corrected chi connectivity index (χ0v) is 15.7. The summed E-state index contributed by atoms with van der Waals surface area (Å²) in [6.07, 6.45) is 8.44. The lowest BCUT2D eigenvalue weighted by Gasteiger charge is -2.46. The third-order valence-electron chi connectivity index (χ3n) is 7.01. The summed E-state index contributed by atoms with van der Waals surface area (Å²) in [5.41, 5.74) is 0. The molecule has 2 aliphatic carbocycles. The van der Waals surface area contributed by atoms with E-state index in [4.69, 9.17) is 33.2 Å². The van der Waals surface area contributed by atoms with E-state index < -0.39 is 0 Å². The van der Waals surface area contributed by atoms with Crippen LogP contribution in [0.15, 0.2) is 0 Å². The van der Waals surface area contributed by atoms with Crippen LogP contribution in [0, 0.1) is 11.8 Å². The maximum Gasteiger partial charge on any atom is 0.161 e. The van der Waals surface area contributed by atoms with Crippen LogP contribution in [-0.4, -0.2) is 75.6 Å². The molecule has 7 heteroatoms. The summed E-state index contributed by atoms with van der Waals surface area (Å²) in [5.74, 6) is 0.946. The van der Waals surface area contributed by atoms with Gasteiger partial charge in [-0.15, -0.1) is 0 Å². The minimum absolute atomic E-state index is 0.0218. The predicted octanol–water partition coefficient (Wildman–Crippen LogP) is 1.62. The molecule has 2 bridgehead atoms. The minimum Gasteiger partial charge on any atom is -0.376 e. The van der Waals surface area contributed by atoms with E-state index in [0.717, 1.165) is 32.1 Å². The van der Waals surface area contributed by atoms with Crippen molar-refractivity contribution >= 4 is 0 Å². The fourth-order valence-corrected chi connectivity index (χ4v) is 5.47. The van der Waals surface area contributed by atoms with Gasteiger partial charge < -0.3 is 33.2 Å². The Morgan fingerprint density at radius 2 is 1.30 bits per heavy atom. The average molecular weight is 382 g/mol. The van der Waals surface area contributed by atoms with E-state index in [1.54, 1.807) is 0 Å². The van der Waals surface area contributed by atoms with Crippen molar-refractivity contribution in [3.63, 3.8) is 0 Å². The summed E-state index contributed by atoms with van der Waals surface area (Å²) in [7, 11) is 0. The third-order valence-corrected chi connectivity index (χ3v) is 7.01. The highest BCUT2D eigenvalue weighted by Gasteiger charge is 2.48. The molecule has 5 heterocycles. The number of ether oxygens (including phenoxy) is 7. The zero-order valence-electron chi connectivity index (χ0n) is 15.7. The molecule has 9 atom stereocenters. The second-order valence-electron chi connectivity index (χ2n) is 9.09. The Bertz CT molecular complexity index is 503. The molecule has 7 nitrogen and oxygen atoms in total. The molecular formula is C20H30O7. The Morgan fingerprint density at radius 1 is 0.630 bits per heavy atom. The van der Waals surface area contributed by atoms with E-state index in [2.05, 4.69) is 0 Å². The molecule has 0 aromatic rings. The fourth-order valence-electron chi connectivity index (χ4n) is 5.47. The Hall–Kier alpha value is -0.280. The van der Waals surface area contributed by atoms with Crippen LogP contribution in [0.1, 0.15) is 38.5 Å². The minimum atomic E-state index is -0.0841. The van der Waals surface area contributed by atoms with E-state index in [1.807, 2.05) is 0 Å².